The van der Waals surface area contributed by atoms with Gasteiger partial charge in [0.05, 0.1) is 17.3 Å². The molecule has 5 rings (SSSR count). The standard InChI is InChI=1S/C34H34N2O6S/c37-22-10-23-41-29-19-17-28(18-20-29)32-36-34(31(42-32)27-13-6-2-7-14-27,33(38)35-25-26-11-4-1-5-12-26)21-24-43(39,40)30-15-8-3-9-16-30/h1-9,11-20,31,37H,10,21-25H2,(H,35,38)/t31-,34-/m0/s1. The number of benzene rings is 4. The minimum absolute atomic E-state index is 0.0397. The van der Waals surface area contributed by atoms with Gasteiger partial charge in [-0.05, 0) is 47.5 Å². The summed E-state index contributed by atoms with van der Waals surface area (Å²) < 4.78 is 39.0. The lowest BCUT2D eigenvalue weighted by Crippen LogP contribution is -2.49. The van der Waals surface area contributed by atoms with Gasteiger partial charge in [-0.3, -0.25) is 4.79 Å². The van der Waals surface area contributed by atoms with Crippen LogP contribution in [0.4, 0.5) is 0 Å². The molecule has 4 aromatic rings. The Labute approximate surface area is 251 Å². The number of amides is 1. The number of carbonyl (C=O) groups is 1. The molecule has 0 saturated heterocycles. The van der Waals surface area contributed by atoms with E-state index < -0.39 is 27.4 Å². The second-order valence-corrected chi connectivity index (χ2v) is 12.4. The highest BCUT2D eigenvalue weighted by Crippen LogP contribution is 2.43. The zero-order chi connectivity index (χ0) is 30.1. The Hall–Kier alpha value is -4.47. The SMILES string of the molecule is O=C(NCc1ccccc1)[C@@]1(CCS(=O)(=O)c2ccccc2)N=C(c2ccc(OCCCO)cc2)O[C@H]1c1ccccc1. The first-order valence-corrected chi connectivity index (χ1v) is 15.8. The maximum Gasteiger partial charge on any atom is 0.252 e. The van der Waals surface area contributed by atoms with Gasteiger partial charge in [-0.25, -0.2) is 13.4 Å². The van der Waals surface area contributed by atoms with E-state index in [0.717, 1.165) is 5.56 Å². The molecule has 8 nitrogen and oxygen atoms in total. The number of ether oxygens (including phenoxy) is 2. The van der Waals surface area contributed by atoms with Gasteiger partial charge in [0.15, 0.2) is 21.5 Å². The molecule has 222 valence electrons. The molecule has 1 aliphatic rings. The van der Waals surface area contributed by atoms with Crippen LogP contribution >= 0.6 is 0 Å². The molecule has 0 aromatic heterocycles. The molecule has 0 bridgehead atoms. The van der Waals surface area contributed by atoms with Crippen molar-refractivity contribution < 1.29 is 27.8 Å². The summed E-state index contributed by atoms with van der Waals surface area (Å²) in [6.45, 7) is 0.668. The van der Waals surface area contributed by atoms with E-state index in [0.29, 0.717) is 29.9 Å². The van der Waals surface area contributed by atoms with Gasteiger partial charge in [0.2, 0.25) is 5.90 Å². The summed E-state index contributed by atoms with van der Waals surface area (Å²) >= 11 is 0. The van der Waals surface area contributed by atoms with Crippen LogP contribution in [-0.4, -0.2) is 49.8 Å². The molecule has 2 atom stereocenters. The predicted molar refractivity (Wildman–Crippen MR) is 165 cm³/mol. The second-order valence-electron chi connectivity index (χ2n) is 10.2. The largest absolute Gasteiger partial charge is 0.494 e. The van der Waals surface area contributed by atoms with Crippen LogP contribution in [0.15, 0.2) is 125 Å². The second kappa shape index (κ2) is 13.7. The number of sulfone groups is 1. The number of hydrogen-bond donors (Lipinski definition) is 2. The Morgan fingerprint density at radius 3 is 2.16 bits per heavy atom. The first kappa shape index (κ1) is 30.0. The van der Waals surface area contributed by atoms with E-state index in [2.05, 4.69) is 5.32 Å². The van der Waals surface area contributed by atoms with Gasteiger partial charge in [-0.2, -0.15) is 0 Å². The lowest BCUT2D eigenvalue weighted by molar-refractivity contribution is -0.129. The highest BCUT2D eigenvalue weighted by atomic mass is 32.2. The first-order valence-electron chi connectivity index (χ1n) is 14.2. The van der Waals surface area contributed by atoms with Gasteiger partial charge < -0.3 is 19.9 Å². The van der Waals surface area contributed by atoms with Crippen molar-refractivity contribution in [3.63, 3.8) is 0 Å². The summed E-state index contributed by atoms with van der Waals surface area (Å²) in [6.07, 6.45) is -0.454. The number of aliphatic hydroxyl groups excluding tert-OH is 1. The molecular weight excluding hydrogens is 564 g/mol. The average Bonchev–Trinajstić information content (AvgIpc) is 3.45. The lowest BCUT2D eigenvalue weighted by Gasteiger charge is -2.30. The fourth-order valence-corrected chi connectivity index (χ4v) is 6.35. The molecule has 0 radical (unpaired) electrons. The minimum Gasteiger partial charge on any atom is -0.494 e. The first-order chi connectivity index (χ1) is 20.9. The number of carbonyl (C=O) groups excluding carboxylic acids is 1. The van der Waals surface area contributed by atoms with Gasteiger partial charge in [0.25, 0.3) is 5.91 Å². The van der Waals surface area contributed by atoms with E-state index in [1.165, 1.54) is 0 Å². The Balaban J connectivity index is 1.52. The monoisotopic (exact) mass is 598 g/mol. The third-order valence-electron chi connectivity index (χ3n) is 7.28. The van der Waals surface area contributed by atoms with Gasteiger partial charge in [0, 0.05) is 31.6 Å². The lowest BCUT2D eigenvalue weighted by atomic mass is 9.85. The van der Waals surface area contributed by atoms with Crippen molar-refractivity contribution in [3.05, 3.63) is 132 Å². The van der Waals surface area contributed by atoms with E-state index in [1.807, 2.05) is 60.7 Å². The maximum atomic E-state index is 14.2. The predicted octanol–water partition coefficient (Wildman–Crippen LogP) is 4.89. The Kier molecular flexibility index (Phi) is 9.54. The number of aliphatic hydroxyl groups is 1. The molecule has 0 unspecified atom stereocenters. The molecule has 4 aromatic carbocycles. The third kappa shape index (κ3) is 7.13. The number of nitrogens with zero attached hydrogens (tertiary/aromatic N) is 1. The van der Waals surface area contributed by atoms with Gasteiger partial charge in [-0.1, -0.05) is 78.9 Å². The molecule has 0 saturated carbocycles. The zero-order valence-electron chi connectivity index (χ0n) is 23.6. The summed E-state index contributed by atoms with van der Waals surface area (Å²) in [6, 6.07) is 34.1. The van der Waals surface area contributed by atoms with Gasteiger partial charge >= 0.3 is 0 Å². The van der Waals surface area contributed by atoms with E-state index in [1.54, 1.807) is 54.6 Å². The maximum absolute atomic E-state index is 14.2. The number of aliphatic imine (C=N–C) groups is 1. The molecule has 0 spiro atoms. The van der Waals surface area contributed by atoms with Crippen molar-refractivity contribution in [2.75, 3.05) is 19.0 Å². The summed E-state index contributed by atoms with van der Waals surface area (Å²) in [5, 5.41) is 12.0. The van der Waals surface area contributed by atoms with Crippen molar-refractivity contribution in [1.29, 1.82) is 0 Å². The fourth-order valence-electron chi connectivity index (χ4n) is 4.97. The van der Waals surface area contributed by atoms with Crippen molar-refractivity contribution in [2.45, 2.75) is 35.9 Å². The summed E-state index contributed by atoms with van der Waals surface area (Å²) in [4.78, 5) is 19.3. The van der Waals surface area contributed by atoms with E-state index >= 15 is 0 Å². The van der Waals surface area contributed by atoms with Crippen molar-refractivity contribution in [2.24, 2.45) is 4.99 Å². The smallest absolute Gasteiger partial charge is 0.252 e. The molecule has 1 heterocycles. The minimum atomic E-state index is -3.73. The Morgan fingerprint density at radius 2 is 1.51 bits per heavy atom. The Morgan fingerprint density at radius 1 is 0.884 bits per heavy atom. The fraction of sp³-hybridized carbons (Fsp3) is 0.235. The van der Waals surface area contributed by atoms with E-state index in [9.17, 15) is 13.2 Å². The topological polar surface area (TPSA) is 114 Å². The normalized spacial score (nSPS) is 18.0. The van der Waals surface area contributed by atoms with Gasteiger partial charge in [-0.15, -0.1) is 0 Å². The van der Waals surface area contributed by atoms with Crippen molar-refractivity contribution in [3.8, 4) is 5.75 Å². The third-order valence-corrected chi connectivity index (χ3v) is 9.01. The number of hydrogen-bond acceptors (Lipinski definition) is 7. The van der Waals surface area contributed by atoms with Crippen molar-refractivity contribution in [1.82, 2.24) is 5.32 Å². The van der Waals surface area contributed by atoms with Crippen LogP contribution in [0.3, 0.4) is 0 Å². The highest BCUT2D eigenvalue weighted by Gasteiger charge is 2.53. The molecule has 1 aliphatic heterocycles. The van der Waals surface area contributed by atoms with Crippen LogP contribution in [0, 0.1) is 0 Å². The number of rotatable bonds is 13. The quantitative estimate of drug-likeness (QED) is 0.212. The Bertz CT molecular complexity index is 1630. The van der Waals surface area contributed by atoms with Crippen molar-refractivity contribution >= 4 is 21.6 Å². The summed E-state index contributed by atoms with van der Waals surface area (Å²) in [7, 11) is -3.73. The molecule has 2 N–H and O–H groups in total. The van der Waals surface area contributed by atoms with Crippen LogP contribution in [0.2, 0.25) is 0 Å². The summed E-state index contributed by atoms with van der Waals surface area (Å²) in [5.74, 6) is 0.128. The van der Waals surface area contributed by atoms with Gasteiger partial charge in [0.1, 0.15) is 5.75 Å². The van der Waals surface area contributed by atoms with Crippen LogP contribution in [0.25, 0.3) is 0 Å². The molecule has 43 heavy (non-hydrogen) atoms. The van der Waals surface area contributed by atoms with Crippen LogP contribution < -0.4 is 10.1 Å². The molecule has 9 heteroatoms. The molecule has 0 aliphatic carbocycles. The van der Waals surface area contributed by atoms with E-state index in [-0.39, 0.29) is 36.1 Å². The number of nitrogens with one attached hydrogen (secondary N) is 1. The molecule has 1 amide bonds. The average molecular weight is 599 g/mol. The molecule has 0 fully saturated rings. The van der Waals surface area contributed by atoms with Crippen LogP contribution in [0.5, 0.6) is 5.75 Å². The summed E-state index contributed by atoms with van der Waals surface area (Å²) in [5.41, 5.74) is 0.666. The zero-order valence-corrected chi connectivity index (χ0v) is 24.5. The van der Waals surface area contributed by atoms with Crippen LogP contribution in [0.1, 0.15) is 35.6 Å². The van der Waals surface area contributed by atoms with Crippen LogP contribution in [-0.2, 0) is 25.9 Å². The highest BCUT2D eigenvalue weighted by molar-refractivity contribution is 7.91. The van der Waals surface area contributed by atoms with E-state index in [4.69, 9.17) is 19.6 Å². The molecular formula is C34H34N2O6S.